The first kappa shape index (κ1) is 15.8. The van der Waals surface area contributed by atoms with Gasteiger partial charge >= 0.3 is 0 Å². The zero-order chi connectivity index (χ0) is 13.8. The van der Waals surface area contributed by atoms with E-state index in [1.165, 1.54) is 24.0 Å². The van der Waals surface area contributed by atoms with Crippen LogP contribution in [0.5, 0.6) is 0 Å². The molecule has 0 aromatic heterocycles. The predicted octanol–water partition coefficient (Wildman–Crippen LogP) is 5.58. The number of hydrogen-bond acceptors (Lipinski definition) is 0. The maximum absolute atomic E-state index is 3.65. The van der Waals surface area contributed by atoms with E-state index in [2.05, 4.69) is 74.8 Å². The second kappa shape index (κ2) is 6.75. The van der Waals surface area contributed by atoms with E-state index in [-0.39, 0.29) is 5.41 Å². The minimum atomic E-state index is 0.255. The average Bonchev–Trinajstić information content (AvgIpc) is 2.27. The van der Waals surface area contributed by atoms with Gasteiger partial charge < -0.3 is 0 Å². The number of halogens is 1. The summed E-state index contributed by atoms with van der Waals surface area (Å²) in [5.41, 5.74) is 3.14. The summed E-state index contributed by atoms with van der Waals surface area (Å²) in [6.45, 7) is 11.4. The van der Waals surface area contributed by atoms with E-state index in [0.29, 0.717) is 0 Å². The number of rotatable bonds is 5. The Morgan fingerprint density at radius 2 is 1.61 bits per heavy atom. The summed E-state index contributed by atoms with van der Waals surface area (Å²) in [6, 6.07) is 9.18. The van der Waals surface area contributed by atoms with Crippen molar-refractivity contribution in [2.75, 3.05) is 5.33 Å². The lowest BCUT2D eigenvalue weighted by molar-refractivity contribution is 0.445. The van der Waals surface area contributed by atoms with E-state index < -0.39 is 0 Å². The maximum atomic E-state index is 3.65. The van der Waals surface area contributed by atoms with Gasteiger partial charge in [0.25, 0.3) is 0 Å². The molecule has 0 N–H and O–H groups in total. The molecule has 1 aromatic rings. The third kappa shape index (κ3) is 5.14. The van der Waals surface area contributed by atoms with Gasteiger partial charge in [-0.3, -0.25) is 0 Å². The monoisotopic (exact) mass is 310 g/mol. The Kier molecular flexibility index (Phi) is 5.91. The fourth-order valence-corrected chi connectivity index (χ4v) is 2.83. The molecular weight excluding hydrogens is 284 g/mol. The molecule has 0 radical (unpaired) electrons. The number of benzene rings is 1. The van der Waals surface area contributed by atoms with Crippen LogP contribution in [0, 0.1) is 11.8 Å². The smallest absolute Gasteiger partial charge is 0.00629 e. The van der Waals surface area contributed by atoms with Crippen molar-refractivity contribution in [2.24, 2.45) is 11.8 Å². The lowest BCUT2D eigenvalue weighted by atomic mass is 9.85. The minimum absolute atomic E-state index is 0.255. The van der Waals surface area contributed by atoms with Crippen molar-refractivity contribution in [1.82, 2.24) is 0 Å². The van der Waals surface area contributed by atoms with Crippen LogP contribution in [0.1, 0.15) is 52.2 Å². The molecule has 1 heteroatoms. The molecule has 0 saturated carbocycles. The zero-order valence-electron chi connectivity index (χ0n) is 12.5. The normalized spacial score (nSPS) is 13.9. The Hall–Kier alpha value is -0.300. The topological polar surface area (TPSA) is 0 Å². The highest BCUT2D eigenvalue weighted by Crippen LogP contribution is 2.24. The van der Waals surface area contributed by atoms with Gasteiger partial charge in [-0.15, -0.1) is 0 Å². The van der Waals surface area contributed by atoms with Crippen LogP contribution in [0.15, 0.2) is 24.3 Å². The fraction of sp³-hybridized carbons (Fsp3) is 0.647. The molecule has 18 heavy (non-hydrogen) atoms. The summed E-state index contributed by atoms with van der Waals surface area (Å²) in [5, 5.41) is 1.10. The SMILES string of the molecule is CC(C)CC(CBr)Cc1ccc(C(C)(C)C)cc1. The van der Waals surface area contributed by atoms with Crippen molar-refractivity contribution < 1.29 is 0 Å². The summed E-state index contributed by atoms with van der Waals surface area (Å²) in [6.07, 6.45) is 2.49. The van der Waals surface area contributed by atoms with Crippen molar-refractivity contribution in [3.05, 3.63) is 35.4 Å². The van der Waals surface area contributed by atoms with Crippen LogP contribution in [0.4, 0.5) is 0 Å². The van der Waals surface area contributed by atoms with E-state index in [1.807, 2.05) is 0 Å². The molecule has 1 atom stereocenters. The molecule has 0 fully saturated rings. The van der Waals surface area contributed by atoms with Crippen molar-refractivity contribution in [3.63, 3.8) is 0 Å². The first-order chi connectivity index (χ1) is 8.32. The Morgan fingerprint density at radius 1 is 1.06 bits per heavy atom. The van der Waals surface area contributed by atoms with E-state index in [1.54, 1.807) is 0 Å². The van der Waals surface area contributed by atoms with Gasteiger partial charge in [0.05, 0.1) is 0 Å². The molecule has 1 rings (SSSR count). The van der Waals surface area contributed by atoms with Crippen molar-refractivity contribution in [1.29, 1.82) is 0 Å². The quantitative estimate of drug-likeness (QED) is 0.622. The van der Waals surface area contributed by atoms with Crippen LogP contribution in [0.25, 0.3) is 0 Å². The molecule has 1 unspecified atom stereocenters. The molecule has 0 spiro atoms. The lowest BCUT2D eigenvalue weighted by Crippen LogP contribution is -2.12. The van der Waals surface area contributed by atoms with Gasteiger partial charge in [0.1, 0.15) is 0 Å². The summed E-state index contributed by atoms with van der Waals surface area (Å²) in [7, 11) is 0. The first-order valence-corrected chi connectivity index (χ1v) is 8.10. The average molecular weight is 311 g/mol. The molecule has 0 heterocycles. The maximum Gasteiger partial charge on any atom is 0.00629 e. The second-order valence-corrected chi connectivity index (χ2v) is 7.45. The van der Waals surface area contributed by atoms with Gasteiger partial charge in [0.2, 0.25) is 0 Å². The predicted molar refractivity (Wildman–Crippen MR) is 85.6 cm³/mol. The van der Waals surface area contributed by atoms with Crippen LogP contribution in [-0.2, 0) is 11.8 Å². The molecular formula is C17H27Br. The van der Waals surface area contributed by atoms with Gasteiger partial charge in [0, 0.05) is 5.33 Å². The highest BCUT2D eigenvalue weighted by atomic mass is 79.9. The Balaban J connectivity index is 2.68. The number of hydrogen-bond donors (Lipinski definition) is 0. The molecule has 0 aliphatic heterocycles. The molecule has 102 valence electrons. The third-order valence-electron chi connectivity index (χ3n) is 3.37. The van der Waals surface area contributed by atoms with Crippen LogP contribution >= 0.6 is 15.9 Å². The van der Waals surface area contributed by atoms with Crippen LogP contribution < -0.4 is 0 Å². The van der Waals surface area contributed by atoms with Crippen LogP contribution in [-0.4, -0.2) is 5.33 Å². The van der Waals surface area contributed by atoms with Crippen molar-refractivity contribution in [2.45, 2.75) is 52.9 Å². The van der Waals surface area contributed by atoms with E-state index in [9.17, 15) is 0 Å². The van der Waals surface area contributed by atoms with E-state index in [4.69, 9.17) is 0 Å². The Bertz CT molecular complexity index is 343. The molecule has 0 saturated heterocycles. The van der Waals surface area contributed by atoms with Crippen molar-refractivity contribution in [3.8, 4) is 0 Å². The molecule has 0 aliphatic rings. The molecule has 1 aromatic carbocycles. The summed E-state index contributed by atoms with van der Waals surface area (Å²) >= 11 is 3.65. The summed E-state index contributed by atoms with van der Waals surface area (Å²) in [4.78, 5) is 0. The minimum Gasteiger partial charge on any atom is -0.0925 e. The fourth-order valence-electron chi connectivity index (χ4n) is 2.34. The molecule has 0 aliphatic carbocycles. The van der Waals surface area contributed by atoms with Crippen LogP contribution in [0.2, 0.25) is 0 Å². The van der Waals surface area contributed by atoms with Crippen molar-refractivity contribution >= 4 is 15.9 Å². The first-order valence-electron chi connectivity index (χ1n) is 6.98. The third-order valence-corrected chi connectivity index (χ3v) is 4.28. The van der Waals surface area contributed by atoms with Gasteiger partial charge in [0.15, 0.2) is 0 Å². The van der Waals surface area contributed by atoms with Gasteiger partial charge in [-0.2, -0.15) is 0 Å². The van der Waals surface area contributed by atoms with Gasteiger partial charge in [-0.1, -0.05) is 74.8 Å². The Labute approximate surface area is 121 Å². The van der Waals surface area contributed by atoms with Crippen LogP contribution in [0.3, 0.4) is 0 Å². The highest BCUT2D eigenvalue weighted by Gasteiger charge is 2.14. The molecule has 0 nitrogen and oxygen atoms in total. The lowest BCUT2D eigenvalue weighted by Gasteiger charge is -2.20. The van der Waals surface area contributed by atoms with Gasteiger partial charge in [-0.25, -0.2) is 0 Å². The summed E-state index contributed by atoms with van der Waals surface area (Å²) in [5.74, 6) is 1.53. The van der Waals surface area contributed by atoms with E-state index in [0.717, 1.165) is 17.2 Å². The Morgan fingerprint density at radius 3 is 2.00 bits per heavy atom. The summed E-state index contributed by atoms with van der Waals surface area (Å²) < 4.78 is 0. The van der Waals surface area contributed by atoms with Gasteiger partial charge in [-0.05, 0) is 41.2 Å². The standard InChI is InChI=1S/C17H27Br/c1-13(2)10-15(12-18)11-14-6-8-16(9-7-14)17(3,4)5/h6-9,13,15H,10-12H2,1-5H3. The number of alkyl halides is 1. The highest BCUT2D eigenvalue weighted by molar-refractivity contribution is 9.09. The zero-order valence-corrected chi connectivity index (χ0v) is 14.0. The molecule has 0 amide bonds. The second-order valence-electron chi connectivity index (χ2n) is 6.80. The largest absolute Gasteiger partial charge is 0.0925 e. The van der Waals surface area contributed by atoms with E-state index >= 15 is 0 Å². The molecule has 0 bridgehead atoms.